The fourth-order valence-corrected chi connectivity index (χ4v) is 3.14. The number of aromatic nitrogens is 2. The van der Waals surface area contributed by atoms with E-state index in [1.54, 1.807) is 0 Å². The highest BCUT2D eigenvalue weighted by Crippen LogP contribution is 2.22. The molecule has 6 nitrogen and oxygen atoms in total. The SMILES string of the molecule is CC(C)c1noc(CCCC(=O)Nc2ccc(N3CCCCC3)cc2)n1. The number of hydrogen-bond acceptors (Lipinski definition) is 5. The summed E-state index contributed by atoms with van der Waals surface area (Å²) < 4.78 is 5.20. The van der Waals surface area contributed by atoms with Crippen LogP contribution in [-0.4, -0.2) is 29.1 Å². The summed E-state index contributed by atoms with van der Waals surface area (Å²) in [6.07, 6.45) is 5.60. The normalized spacial score (nSPS) is 14.7. The van der Waals surface area contributed by atoms with Crippen LogP contribution in [0.2, 0.25) is 0 Å². The van der Waals surface area contributed by atoms with Crippen LogP contribution in [0.15, 0.2) is 28.8 Å². The van der Waals surface area contributed by atoms with Crippen LogP contribution >= 0.6 is 0 Å². The first-order chi connectivity index (χ1) is 12.6. The summed E-state index contributed by atoms with van der Waals surface area (Å²) in [4.78, 5) is 18.9. The molecule has 1 amide bonds. The highest BCUT2D eigenvalue weighted by molar-refractivity contribution is 5.90. The minimum absolute atomic E-state index is 0.0133. The molecule has 1 N–H and O–H groups in total. The second-order valence-corrected chi connectivity index (χ2v) is 7.20. The van der Waals surface area contributed by atoms with Crippen molar-refractivity contribution in [2.45, 2.75) is 58.3 Å². The topological polar surface area (TPSA) is 71.3 Å². The average molecular weight is 356 g/mol. The number of amides is 1. The number of nitrogens with zero attached hydrogens (tertiary/aromatic N) is 3. The Morgan fingerprint density at radius 1 is 1.19 bits per heavy atom. The van der Waals surface area contributed by atoms with Crippen LogP contribution in [-0.2, 0) is 11.2 Å². The lowest BCUT2D eigenvalue weighted by Gasteiger charge is -2.28. The average Bonchev–Trinajstić information content (AvgIpc) is 3.12. The highest BCUT2D eigenvalue weighted by atomic mass is 16.5. The van der Waals surface area contributed by atoms with Gasteiger partial charge >= 0.3 is 0 Å². The van der Waals surface area contributed by atoms with Crippen LogP contribution in [0.1, 0.15) is 63.6 Å². The second-order valence-electron chi connectivity index (χ2n) is 7.20. The third-order valence-electron chi connectivity index (χ3n) is 4.67. The molecule has 2 aromatic rings. The number of nitrogens with one attached hydrogen (secondary N) is 1. The maximum Gasteiger partial charge on any atom is 0.226 e. The van der Waals surface area contributed by atoms with Crippen LogP contribution in [0, 0.1) is 0 Å². The predicted molar refractivity (Wildman–Crippen MR) is 102 cm³/mol. The molecule has 1 fully saturated rings. The number of anilines is 2. The molecular formula is C20H28N4O2. The van der Waals surface area contributed by atoms with Gasteiger partial charge in [-0.15, -0.1) is 0 Å². The summed E-state index contributed by atoms with van der Waals surface area (Å²) in [5, 5.41) is 6.89. The summed E-state index contributed by atoms with van der Waals surface area (Å²) in [6.45, 7) is 6.30. The van der Waals surface area contributed by atoms with Gasteiger partial charge in [-0.1, -0.05) is 19.0 Å². The summed E-state index contributed by atoms with van der Waals surface area (Å²) in [6, 6.07) is 8.14. The van der Waals surface area contributed by atoms with E-state index in [4.69, 9.17) is 4.52 Å². The van der Waals surface area contributed by atoms with Gasteiger partial charge in [0.15, 0.2) is 5.82 Å². The molecule has 1 aromatic carbocycles. The largest absolute Gasteiger partial charge is 0.372 e. The van der Waals surface area contributed by atoms with Gasteiger partial charge in [-0.25, -0.2) is 0 Å². The molecular weight excluding hydrogens is 328 g/mol. The first-order valence-corrected chi connectivity index (χ1v) is 9.59. The lowest BCUT2D eigenvalue weighted by Crippen LogP contribution is -2.29. The Kier molecular flexibility index (Phi) is 6.26. The molecule has 0 atom stereocenters. The van der Waals surface area contributed by atoms with Crippen molar-refractivity contribution >= 4 is 17.3 Å². The lowest BCUT2D eigenvalue weighted by atomic mass is 10.1. The molecule has 0 saturated carbocycles. The first kappa shape index (κ1) is 18.4. The van der Waals surface area contributed by atoms with Crippen LogP contribution in [0.4, 0.5) is 11.4 Å². The Balaban J connectivity index is 1.42. The molecule has 1 aliphatic rings. The summed E-state index contributed by atoms with van der Waals surface area (Å²) in [5.41, 5.74) is 2.08. The number of rotatable bonds is 7. The molecule has 0 aliphatic carbocycles. The van der Waals surface area contributed by atoms with Crippen LogP contribution < -0.4 is 10.2 Å². The molecule has 0 radical (unpaired) electrons. The molecule has 3 rings (SSSR count). The zero-order chi connectivity index (χ0) is 18.4. The standard InChI is InChI=1S/C20H28N4O2/c1-15(2)20-22-19(26-23-20)8-6-7-18(25)21-16-9-11-17(12-10-16)24-13-4-3-5-14-24/h9-12,15H,3-8,13-14H2,1-2H3,(H,21,25). The van der Waals surface area contributed by atoms with Gasteiger partial charge < -0.3 is 14.7 Å². The zero-order valence-corrected chi connectivity index (χ0v) is 15.7. The van der Waals surface area contributed by atoms with E-state index in [2.05, 4.69) is 32.5 Å². The number of carbonyl (C=O) groups excluding carboxylic acids is 1. The molecule has 2 heterocycles. The third kappa shape index (κ3) is 5.07. The van der Waals surface area contributed by atoms with Gasteiger partial charge in [-0.2, -0.15) is 4.98 Å². The Morgan fingerprint density at radius 2 is 1.92 bits per heavy atom. The van der Waals surface area contributed by atoms with Gasteiger partial charge in [0.2, 0.25) is 11.8 Å². The number of hydrogen-bond donors (Lipinski definition) is 1. The van der Waals surface area contributed by atoms with Crippen molar-refractivity contribution in [3.63, 3.8) is 0 Å². The smallest absolute Gasteiger partial charge is 0.226 e. The molecule has 1 aromatic heterocycles. The van der Waals surface area contributed by atoms with E-state index in [9.17, 15) is 4.79 Å². The molecule has 140 valence electrons. The van der Waals surface area contributed by atoms with E-state index in [1.807, 2.05) is 26.0 Å². The van der Waals surface area contributed by atoms with Crippen LogP contribution in [0.25, 0.3) is 0 Å². The van der Waals surface area contributed by atoms with E-state index >= 15 is 0 Å². The fourth-order valence-electron chi connectivity index (χ4n) is 3.14. The minimum atomic E-state index is 0.0133. The van der Waals surface area contributed by atoms with Gasteiger partial charge in [0.1, 0.15) is 0 Å². The predicted octanol–water partition coefficient (Wildman–Crippen LogP) is 4.14. The summed E-state index contributed by atoms with van der Waals surface area (Å²) >= 11 is 0. The lowest BCUT2D eigenvalue weighted by molar-refractivity contribution is -0.116. The van der Waals surface area contributed by atoms with Gasteiger partial charge in [0, 0.05) is 43.2 Å². The van der Waals surface area contributed by atoms with Crippen molar-refractivity contribution in [1.82, 2.24) is 10.1 Å². The monoisotopic (exact) mass is 356 g/mol. The van der Waals surface area contributed by atoms with E-state index in [0.29, 0.717) is 25.2 Å². The van der Waals surface area contributed by atoms with E-state index < -0.39 is 0 Å². The molecule has 1 saturated heterocycles. The van der Waals surface area contributed by atoms with Gasteiger partial charge in [0.25, 0.3) is 0 Å². The Bertz CT molecular complexity index is 703. The van der Waals surface area contributed by atoms with Crippen molar-refractivity contribution in [1.29, 1.82) is 0 Å². The van der Waals surface area contributed by atoms with Crippen LogP contribution in [0.3, 0.4) is 0 Å². The number of benzene rings is 1. The molecule has 0 spiro atoms. The minimum Gasteiger partial charge on any atom is -0.372 e. The van der Waals surface area contributed by atoms with Crippen molar-refractivity contribution in [3.05, 3.63) is 36.0 Å². The number of carbonyl (C=O) groups is 1. The van der Waals surface area contributed by atoms with Crippen molar-refractivity contribution in [2.75, 3.05) is 23.3 Å². The summed E-state index contributed by atoms with van der Waals surface area (Å²) in [7, 11) is 0. The van der Waals surface area contributed by atoms with Gasteiger partial charge in [0.05, 0.1) is 0 Å². The maximum atomic E-state index is 12.1. The van der Waals surface area contributed by atoms with E-state index in [0.717, 1.165) is 24.6 Å². The second kappa shape index (κ2) is 8.83. The molecule has 1 aliphatic heterocycles. The van der Waals surface area contributed by atoms with E-state index in [1.165, 1.54) is 24.9 Å². The fraction of sp³-hybridized carbons (Fsp3) is 0.550. The molecule has 26 heavy (non-hydrogen) atoms. The highest BCUT2D eigenvalue weighted by Gasteiger charge is 2.12. The van der Waals surface area contributed by atoms with E-state index in [-0.39, 0.29) is 11.8 Å². The quantitative estimate of drug-likeness (QED) is 0.807. The molecule has 0 bridgehead atoms. The number of piperidine rings is 1. The Morgan fingerprint density at radius 3 is 2.58 bits per heavy atom. The van der Waals surface area contributed by atoms with Crippen molar-refractivity contribution in [2.24, 2.45) is 0 Å². The van der Waals surface area contributed by atoms with Gasteiger partial charge in [-0.3, -0.25) is 4.79 Å². The number of aryl methyl sites for hydroxylation is 1. The summed E-state index contributed by atoms with van der Waals surface area (Å²) in [5.74, 6) is 1.59. The molecule has 0 unspecified atom stereocenters. The molecule has 6 heteroatoms. The third-order valence-corrected chi connectivity index (χ3v) is 4.67. The Labute approximate surface area is 155 Å². The van der Waals surface area contributed by atoms with Gasteiger partial charge in [-0.05, 0) is 49.9 Å². The zero-order valence-electron chi connectivity index (χ0n) is 15.7. The Hall–Kier alpha value is -2.37. The van der Waals surface area contributed by atoms with Crippen molar-refractivity contribution < 1.29 is 9.32 Å². The maximum absolute atomic E-state index is 12.1. The van der Waals surface area contributed by atoms with Crippen LogP contribution in [0.5, 0.6) is 0 Å². The first-order valence-electron chi connectivity index (χ1n) is 9.59. The van der Waals surface area contributed by atoms with Crippen molar-refractivity contribution in [3.8, 4) is 0 Å².